The van der Waals surface area contributed by atoms with Crippen LogP contribution in [0, 0.1) is 0 Å². The van der Waals surface area contributed by atoms with Crippen molar-refractivity contribution in [3.8, 4) is 5.75 Å². The largest absolute Gasteiger partial charge is 0.508 e. The molecule has 13 heavy (non-hydrogen) atoms. The molecule has 0 amide bonds. The van der Waals surface area contributed by atoms with Crippen LogP contribution < -0.4 is 4.90 Å². The quantitative estimate of drug-likeness (QED) is 0.704. The second kappa shape index (κ2) is 3.26. The second-order valence-corrected chi connectivity index (χ2v) is 3.27. The summed E-state index contributed by atoms with van der Waals surface area (Å²) in [6, 6.07) is 5.42. The lowest BCUT2D eigenvalue weighted by Crippen LogP contribution is -2.23. The Bertz CT molecular complexity index is 310. The zero-order chi connectivity index (χ0) is 9.26. The summed E-state index contributed by atoms with van der Waals surface area (Å²) in [4.78, 5) is 2.09. The van der Waals surface area contributed by atoms with E-state index < -0.39 is 0 Å². The highest BCUT2D eigenvalue weighted by atomic mass is 16.3. The maximum Gasteiger partial charge on any atom is 0.117 e. The molecule has 2 rings (SSSR count). The number of fused-ring (bicyclic) bond motifs is 1. The molecule has 1 heterocycles. The lowest BCUT2D eigenvalue weighted by Gasteiger charge is -2.17. The monoisotopic (exact) mass is 179 g/mol. The van der Waals surface area contributed by atoms with Crippen molar-refractivity contribution >= 4 is 5.69 Å². The van der Waals surface area contributed by atoms with E-state index in [1.165, 1.54) is 5.56 Å². The van der Waals surface area contributed by atoms with Crippen molar-refractivity contribution in [3.05, 3.63) is 23.8 Å². The van der Waals surface area contributed by atoms with Gasteiger partial charge < -0.3 is 15.1 Å². The Labute approximate surface area is 77.2 Å². The molecule has 0 unspecified atom stereocenters. The van der Waals surface area contributed by atoms with Crippen LogP contribution in [0.25, 0.3) is 0 Å². The summed E-state index contributed by atoms with van der Waals surface area (Å²) in [6.45, 7) is 1.75. The van der Waals surface area contributed by atoms with Gasteiger partial charge in [0.25, 0.3) is 0 Å². The number of aromatic hydroxyl groups is 1. The maximum absolute atomic E-state index is 9.29. The topological polar surface area (TPSA) is 43.7 Å². The van der Waals surface area contributed by atoms with E-state index in [4.69, 9.17) is 5.11 Å². The molecule has 0 spiro atoms. The normalized spacial score (nSPS) is 14.7. The van der Waals surface area contributed by atoms with E-state index >= 15 is 0 Å². The van der Waals surface area contributed by atoms with Crippen molar-refractivity contribution in [2.75, 3.05) is 24.6 Å². The Morgan fingerprint density at radius 1 is 1.38 bits per heavy atom. The zero-order valence-electron chi connectivity index (χ0n) is 7.40. The molecule has 3 heteroatoms. The average molecular weight is 179 g/mol. The molecule has 0 bridgehead atoms. The molecule has 1 aromatic rings. The van der Waals surface area contributed by atoms with Crippen molar-refractivity contribution in [3.63, 3.8) is 0 Å². The molecule has 0 saturated carbocycles. The SMILES string of the molecule is OCCN1CCc2ccc(O)cc21. The van der Waals surface area contributed by atoms with Gasteiger partial charge in [0.2, 0.25) is 0 Å². The van der Waals surface area contributed by atoms with Crippen LogP contribution in [0.1, 0.15) is 5.56 Å². The molecule has 1 aliphatic rings. The molecule has 1 aliphatic heterocycles. The van der Waals surface area contributed by atoms with E-state index in [-0.39, 0.29) is 6.61 Å². The Hall–Kier alpha value is -1.22. The predicted octanol–water partition coefficient (Wildman–Crippen LogP) is 0.747. The van der Waals surface area contributed by atoms with Crippen LogP contribution in [0.3, 0.4) is 0 Å². The third-order valence-electron chi connectivity index (χ3n) is 2.43. The number of nitrogens with zero attached hydrogens (tertiary/aromatic N) is 1. The minimum atomic E-state index is 0.162. The molecule has 0 aliphatic carbocycles. The first-order chi connectivity index (χ1) is 6.31. The Morgan fingerprint density at radius 2 is 2.23 bits per heavy atom. The van der Waals surface area contributed by atoms with Gasteiger partial charge in [0, 0.05) is 24.8 Å². The maximum atomic E-state index is 9.29. The van der Waals surface area contributed by atoms with Gasteiger partial charge >= 0.3 is 0 Å². The van der Waals surface area contributed by atoms with Gasteiger partial charge in [-0.05, 0) is 18.1 Å². The van der Waals surface area contributed by atoms with Crippen LogP contribution >= 0.6 is 0 Å². The lowest BCUT2D eigenvalue weighted by molar-refractivity contribution is 0.303. The first-order valence-corrected chi connectivity index (χ1v) is 4.49. The standard InChI is InChI=1S/C10H13NO2/c12-6-5-11-4-3-8-1-2-9(13)7-10(8)11/h1-2,7,12-13H,3-6H2. The number of phenolic OH excluding ortho intramolecular Hbond substituents is 1. The summed E-state index contributed by atoms with van der Waals surface area (Å²) >= 11 is 0. The number of benzene rings is 1. The molecule has 0 saturated heterocycles. The van der Waals surface area contributed by atoms with E-state index in [1.54, 1.807) is 12.1 Å². The molecule has 70 valence electrons. The van der Waals surface area contributed by atoms with Gasteiger partial charge in [0.1, 0.15) is 5.75 Å². The summed E-state index contributed by atoms with van der Waals surface area (Å²) in [5.74, 6) is 0.295. The number of hydrogen-bond donors (Lipinski definition) is 2. The highest BCUT2D eigenvalue weighted by Crippen LogP contribution is 2.30. The van der Waals surface area contributed by atoms with Crippen LogP contribution in [0.5, 0.6) is 5.75 Å². The number of anilines is 1. The van der Waals surface area contributed by atoms with Gasteiger partial charge in [-0.3, -0.25) is 0 Å². The highest BCUT2D eigenvalue weighted by molar-refractivity contribution is 5.60. The smallest absolute Gasteiger partial charge is 0.117 e. The minimum absolute atomic E-state index is 0.162. The van der Waals surface area contributed by atoms with Gasteiger partial charge in [-0.15, -0.1) is 0 Å². The molecule has 0 aromatic heterocycles. The third-order valence-corrected chi connectivity index (χ3v) is 2.43. The number of aliphatic hydroxyl groups excluding tert-OH is 1. The molecule has 1 aromatic carbocycles. The summed E-state index contributed by atoms with van der Waals surface area (Å²) in [7, 11) is 0. The number of aliphatic hydroxyl groups is 1. The fourth-order valence-electron chi connectivity index (χ4n) is 1.79. The zero-order valence-corrected chi connectivity index (χ0v) is 7.40. The molecule has 2 N–H and O–H groups in total. The van der Waals surface area contributed by atoms with Crippen LogP contribution in [-0.4, -0.2) is 29.9 Å². The number of rotatable bonds is 2. The van der Waals surface area contributed by atoms with Crippen molar-refractivity contribution < 1.29 is 10.2 Å². The summed E-state index contributed by atoms with van der Waals surface area (Å²) in [5, 5.41) is 18.1. The fourth-order valence-corrected chi connectivity index (χ4v) is 1.79. The van der Waals surface area contributed by atoms with Gasteiger partial charge in [-0.1, -0.05) is 6.07 Å². The number of β-amino-alcohol motifs (C(OH)–C–C–N with tert-alkyl or cyclic N) is 1. The first-order valence-electron chi connectivity index (χ1n) is 4.49. The number of phenols is 1. The van der Waals surface area contributed by atoms with Gasteiger partial charge in [0.05, 0.1) is 6.61 Å². The first kappa shape index (κ1) is 8.38. The Balaban J connectivity index is 2.29. The third kappa shape index (κ3) is 1.47. The molecule has 0 atom stereocenters. The van der Waals surface area contributed by atoms with E-state index in [0.717, 1.165) is 18.7 Å². The van der Waals surface area contributed by atoms with Crippen molar-refractivity contribution in [2.24, 2.45) is 0 Å². The number of hydrogen-bond acceptors (Lipinski definition) is 3. The molecule has 0 fully saturated rings. The Morgan fingerprint density at radius 3 is 3.00 bits per heavy atom. The van der Waals surface area contributed by atoms with Crippen molar-refractivity contribution in [2.45, 2.75) is 6.42 Å². The molecule has 0 radical (unpaired) electrons. The molecular formula is C10H13NO2. The Kier molecular flexibility index (Phi) is 2.10. The van der Waals surface area contributed by atoms with Crippen LogP contribution in [0.15, 0.2) is 18.2 Å². The van der Waals surface area contributed by atoms with Gasteiger partial charge in [-0.2, -0.15) is 0 Å². The van der Waals surface area contributed by atoms with Gasteiger partial charge in [0.15, 0.2) is 0 Å². The van der Waals surface area contributed by atoms with Gasteiger partial charge in [-0.25, -0.2) is 0 Å². The summed E-state index contributed by atoms with van der Waals surface area (Å²) < 4.78 is 0. The van der Waals surface area contributed by atoms with E-state index in [2.05, 4.69) is 4.90 Å². The van der Waals surface area contributed by atoms with E-state index in [9.17, 15) is 5.11 Å². The predicted molar refractivity (Wildman–Crippen MR) is 51.1 cm³/mol. The van der Waals surface area contributed by atoms with E-state index in [1.807, 2.05) is 6.07 Å². The van der Waals surface area contributed by atoms with Crippen LogP contribution in [0.2, 0.25) is 0 Å². The molecular weight excluding hydrogens is 166 g/mol. The average Bonchev–Trinajstić information content (AvgIpc) is 2.49. The fraction of sp³-hybridized carbons (Fsp3) is 0.400. The molecule has 3 nitrogen and oxygen atoms in total. The second-order valence-electron chi connectivity index (χ2n) is 3.27. The summed E-state index contributed by atoms with van der Waals surface area (Å²) in [6.07, 6.45) is 1.01. The van der Waals surface area contributed by atoms with Crippen molar-refractivity contribution in [1.82, 2.24) is 0 Å². The minimum Gasteiger partial charge on any atom is -0.508 e. The highest BCUT2D eigenvalue weighted by Gasteiger charge is 2.18. The summed E-state index contributed by atoms with van der Waals surface area (Å²) in [5.41, 5.74) is 2.32. The van der Waals surface area contributed by atoms with E-state index in [0.29, 0.717) is 12.3 Å². The van der Waals surface area contributed by atoms with Crippen LogP contribution in [0.4, 0.5) is 5.69 Å². The lowest BCUT2D eigenvalue weighted by atomic mass is 10.1. The van der Waals surface area contributed by atoms with Crippen LogP contribution in [-0.2, 0) is 6.42 Å². The van der Waals surface area contributed by atoms with Crippen molar-refractivity contribution in [1.29, 1.82) is 0 Å².